The lowest BCUT2D eigenvalue weighted by atomic mass is 10.0. The fraction of sp³-hybridized carbons (Fsp3) is 0.471. The summed E-state index contributed by atoms with van der Waals surface area (Å²) in [4.78, 5) is 4.76. The van der Waals surface area contributed by atoms with Crippen molar-refractivity contribution < 1.29 is 4.74 Å². The maximum absolute atomic E-state index is 5.80. The van der Waals surface area contributed by atoms with E-state index in [2.05, 4.69) is 32.2 Å². The normalized spacial score (nSPS) is 11.1. The van der Waals surface area contributed by atoms with Crippen molar-refractivity contribution in [3.63, 3.8) is 0 Å². The van der Waals surface area contributed by atoms with Gasteiger partial charge in [0, 0.05) is 23.3 Å². The van der Waals surface area contributed by atoms with Gasteiger partial charge < -0.3 is 10.1 Å². The summed E-state index contributed by atoms with van der Waals surface area (Å²) in [6.45, 7) is 11.4. The van der Waals surface area contributed by atoms with Gasteiger partial charge in [0.1, 0.15) is 5.75 Å². The Labute approximate surface area is 121 Å². The Bertz CT molecular complexity index is 605. The summed E-state index contributed by atoms with van der Waals surface area (Å²) in [5.41, 5.74) is 4.61. The van der Waals surface area contributed by atoms with Crippen LogP contribution in [-0.2, 0) is 6.42 Å². The third-order valence-electron chi connectivity index (χ3n) is 3.36. The number of ether oxygens (including phenoxy) is 1. The monoisotopic (exact) mass is 272 g/mol. The largest absolute Gasteiger partial charge is 0.491 e. The lowest BCUT2D eigenvalue weighted by molar-refractivity contribution is 0.243. The number of pyridine rings is 1. The van der Waals surface area contributed by atoms with Crippen LogP contribution in [0.3, 0.4) is 0 Å². The highest BCUT2D eigenvalue weighted by Crippen LogP contribution is 2.31. The molecule has 1 aromatic heterocycles. The molecule has 0 aliphatic rings. The molecule has 108 valence electrons. The first-order valence-electron chi connectivity index (χ1n) is 7.40. The summed E-state index contributed by atoms with van der Waals surface area (Å²) < 4.78 is 5.80. The molecule has 0 aliphatic heterocycles. The molecule has 0 amide bonds. The van der Waals surface area contributed by atoms with Crippen LogP contribution in [0.2, 0.25) is 0 Å². The van der Waals surface area contributed by atoms with Crippen molar-refractivity contribution in [1.29, 1.82) is 0 Å². The van der Waals surface area contributed by atoms with Gasteiger partial charge in [-0.25, -0.2) is 0 Å². The van der Waals surface area contributed by atoms with Crippen molar-refractivity contribution in [2.24, 2.45) is 0 Å². The van der Waals surface area contributed by atoms with Crippen molar-refractivity contribution in [1.82, 2.24) is 4.98 Å². The first kappa shape index (κ1) is 14.6. The van der Waals surface area contributed by atoms with Crippen molar-refractivity contribution in [3.05, 3.63) is 29.5 Å². The van der Waals surface area contributed by atoms with Crippen LogP contribution in [0.1, 0.15) is 39.0 Å². The molecule has 0 spiro atoms. The van der Waals surface area contributed by atoms with Crippen molar-refractivity contribution in [2.75, 3.05) is 11.9 Å². The summed E-state index contributed by atoms with van der Waals surface area (Å²) in [7, 11) is 0. The fourth-order valence-electron chi connectivity index (χ4n) is 2.48. The first-order chi connectivity index (χ1) is 9.56. The number of anilines is 1. The van der Waals surface area contributed by atoms with Crippen LogP contribution in [0, 0.1) is 6.92 Å². The molecule has 1 N–H and O–H groups in total. The van der Waals surface area contributed by atoms with Crippen LogP contribution in [0.15, 0.2) is 18.2 Å². The number of aryl methyl sites for hydroxylation is 1. The smallest absolute Gasteiger partial charge is 0.120 e. The number of benzene rings is 1. The predicted molar refractivity (Wildman–Crippen MR) is 85.8 cm³/mol. The van der Waals surface area contributed by atoms with Crippen LogP contribution in [0.5, 0.6) is 5.75 Å². The minimum atomic E-state index is 0.180. The zero-order valence-electron chi connectivity index (χ0n) is 13.1. The highest BCUT2D eigenvalue weighted by atomic mass is 16.5. The molecule has 0 saturated carbocycles. The van der Waals surface area contributed by atoms with Gasteiger partial charge >= 0.3 is 0 Å². The van der Waals surface area contributed by atoms with Gasteiger partial charge in [0.25, 0.3) is 0 Å². The predicted octanol–water partition coefficient (Wildman–Crippen LogP) is 4.32. The topological polar surface area (TPSA) is 34.2 Å². The van der Waals surface area contributed by atoms with E-state index >= 15 is 0 Å². The van der Waals surface area contributed by atoms with E-state index < -0.39 is 0 Å². The van der Waals surface area contributed by atoms with Crippen molar-refractivity contribution in [3.8, 4) is 5.75 Å². The first-order valence-corrected chi connectivity index (χ1v) is 7.40. The maximum atomic E-state index is 5.80. The van der Waals surface area contributed by atoms with E-state index in [-0.39, 0.29) is 6.10 Å². The Balaban J connectivity index is 2.62. The van der Waals surface area contributed by atoms with E-state index in [9.17, 15) is 0 Å². The molecule has 2 aromatic rings. The molecule has 0 bridgehead atoms. The summed E-state index contributed by atoms with van der Waals surface area (Å²) >= 11 is 0. The number of rotatable bonds is 5. The van der Waals surface area contributed by atoms with Gasteiger partial charge in [0.2, 0.25) is 0 Å². The van der Waals surface area contributed by atoms with Crippen LogP contribution >= 0.6 is 0 Å². The summed E-state index contributed by atoms with van der Waals surface area (Å²) in [6.07, 6.45) is 1.13. The molecule has 1 heterocycles. The van der Waals surface area contributed by atoms with E-state index in [1.807, 2.05) is 26.0 Å². The molecular formula is C17H24N2O. The van der Waals surface area contributed by atoms with Gasteiger partial charge in [-0.05, 0) is 57.9 Å². The van der Waals surface area contributed by atoms with E-state index in [1.54, 1.807) is 0 Å². The van der Waals surface area contributed by atoms with Crippen LogP contribution < -0.4 is 10.1 Å². The Morgan fingerprint density at radius 3 is 2.60 bits per heavy atom. The van der Waals surface area contributed by atoms with E-state index in [0.717, 1.165) is 35.3 Å². The molecule has 0 atom stereocenters. The molecule has 3 nitrogen and oxygen atoms in total. The standard InChI is InChI=1S/C17H24N2O/c1-6-15-12(5)17(18-7-2)14-10-13(20-11(3)4)8-9-16(14)19-15/h8-11H,6-7H2,1-5H3,(H,18,19). The van der Waals surface area contributed by atoms with Gasteiger partial charge in [-0.2, -0.15) is 0 Å². The summed E-state index contributed by atoms with van der Waals surface area (Å²) in [6, 6.07) is 6.14. The molecule has 0 aliphatic carbocycles. The number of hydrogen-bond acceptors (Lipinski definition) is 3. The number of hydrogen-bond donors (Lipinski definition) is 1. The highest BCUT2D eigenvalue weighted by Gasteiger charge is 2.11. The summed E-state index contributed by atoms with van der Waals surface area (Å²) in [5.74, 6) is 0.900. The molecule has 0 fully saturated rings. The van der Waals surface area contributed by atoms with E-state index in [0.29, 0.717) is 0 Å². The van der Waals surface area contributed by atoms with E-state index in [4.69, 9.17) is 9.72 Å². The Morgan fingerprint density at radius 2 is 2.00 bits per heavy atom. The zero-order chi connectivity index (χ0) is 14.7. The molecule has 0 saturated heterocycles. The van der Waals surface area contributed by atoms with Crippen molar-refractivity contribution in [2.45, 2.75) is 47.1 Å². The maximum Gasteiger partial charge on any atom is 0.120 e. The van der Waals surface area contributed by atoms with Crippen LogP contribution in [0.4, 0.5) is 5.69 Å². The molecule has 0 unspecified atom stereocenters. The highest BCUT2D eigenvalue weighted by molar-refractivity contribution is 5.94. The second kappa shape index (κ2) is 6.12. The van der Waals surface area contributed by atoms with Gasteiger partial charge in [-0.1, -0.05) is 6.92 Å². The minimum Gasteiger partial charge on any atom is -0.491 e. The number of fused-ring (bicyclic) bond motifs is 1. The molecule has 20 heavy (non-hydrogen) atoms. The lowest BCUT2D eigenvalue weighted by Crippen LogP contribution is -2.07. The molecule has 3 heteroatoms. The number of nitrogens with zero attached hydrogens (tertiary/aromatic N) is 1. The Kier molecular flexibility index (Phi) is 4.48. The van der Waals surface area contributed by atoms with Gasteiger partial charge in [0.15, 0.2) is 0 Å². The Morgan fingerprint density at radius 1 is 1.25 bits per heavy atom. The molecule has 0 radical (unpaired) electrons. The van der Waals surface area contributed by atoms with Gasteiger partial charge in [-0.15, -0.1) is 0 Å². The zero-order valence-corrected chi connectivity index (χ0v) is 13.1. The van der Waals surface area contributed by atoms with Crippen molar-refractivity contribution >= 4 is 16.6 Å². The fourth-order valence-corrected chi connectivity index (χ4v) is 2.48. The van der Waals surface area contributed by atoms with Crippen LogP contribution in [-0.4, -0.2) is 17.6 Å². The minimum absolute atomic E-state index is 0.180. The molecule has 1 aromatic carbocycles. The number of nitrogens with one attached hydrogen (secondary N) is 1. The average Bonchev–Trinajstić information content (AvgIpc) is 2.41. The second-order valence-electron chi connectivity index (χ2n) is 5.29. The second-order valence-corrected chi connectivity index (χ2v) is 5.29. The third-order valence-corrected chi connectivity index (χ3v) is 3.36. The third kappa shape index (κ3) is 2.87. The molecular weight excluding hydrogens is 248 g/mol. The quantitative estimate of drug-likeness (QED) is 0.880. The summed E-state index contributed by atoms with van der Waals surface area (Å²) in [5, 5.41) is 4.62. The number of aromatic nitrogens is 1. The van der Waals surface area contributed by atoms with Gasteiger partial charge in [0.05, 0.1) is 11.6 Å². The SMILES string of the molecule is CCNc1c(C)c(CC)nc2ccc(OC(C)C)cc12. The van der Waals surface area contributed by atoms with Crippen LogP contribution in [0.25, 0.3) is 10.9 Å². The lowest BCUT2D eigenvalue weighted by Gasteiger charge is -2.16. The van der Waals surface area contributed by atoms with E-state index in [1.165, 1.54) is 11.3 Å². The molecule has 2 rings (SSSR count). The average molecular weight is 272 g/mol. The Hall–Kier alpha value is -1.77. The van der Waals surface area contributed by atoms with Gasteiger partial charge in [-0.3, -0.25) is 4.98 Å².